The zero-order valence-electron chi connectivity index (χ0n) is 11.2. The first-order valence-electron chi connectivity index (χ1n) is 6.70. The fraction of sp³-hybridized carbons (Fsp3) is 0.600. The van der Waals surface area contributed by atoms with Crippen molar-refractivity contribution in [2.45, 2.75) is 45.7 Å². The number of hydrogen-bond acceptors (Lipinski definition) is 2. The first kappa shape index (κ1) is 12.6. The Bertz CT molecular complexity index is 385. The van der Waals surface area contributed by atoms with Gasteiger partial charge in [-0.25, -0.2) is 0 Å². The van der Waals surface area contributed by atoms with E-state index in [1.807, 2.05) is 0 Å². The predicted octanol–water partition coefficient (Wildman–Crippen LogP) is 2.79. The Morgan fingerprint density at radius 2 is 2.12 bits per heavy atom. The molecule has 17 heavy (non-hydrogen) atoms. The molecule has 1 heterocycles. The van der Waals surface area contributed by atoms with Crippen LogP contribution in [-0.4, -0.2) is 24.0 Å². The zero-order chi connectivity index (χ0) is 12.4. The molecular weight excluding hydrogens is 208 g/mol. The van der Waals surface area contributed by atoms with E-state index < -0.39 is 0 Å². The fourth-order valence-corrected chi connectivity index (χ4v) is 3.01. The average molecular weight is 232 g/mol. The molecule has 1 aliphatic heterocycles. The molecular formula is C15H24N2. The van der Waals surface area contributed by atoms with Gasteiger partial charge in [-0.1, -0.05) is 30.7 Å². The molecule has 0 amide bonds. The minimum Gasteiger partial charge on any atom is -0.326 e. The van der Waals surface area contributed by atoms with Gasteiger partial charge in [0.1, 0.15) is 0 Å². The van der Waals surface area contributed by atoms with Crippen LogP contribution in [0.25, 0.3) is 0 Å². The third-order valence-electron chi connectivity index (χ3n) is 3.80. The van der Waals surface area contributed by atoms with E-state index >= 15 is 0 Å². The van der Waals surface area contributed by atoms with Crippen molar-refractivity contribution >= 4 is 0 Å². The quantitative estimate of drug-likeness (QED) is 0.868. The summed E-state index contributed by atoms with van der Waals surface area (Å²) in [6.07, 6.45) is 2.33. The summed E-state index contributed by atoms with van der Waals surface area (Å²) in [6, 6.07) is 7.46. The van der Waals surface area contributed by atoms with Crippen molar-refractivity contribution in [2.75, 3.05) is 13.1 Å². The van der Waals surface area contributed by atoms with Gasteiger partial charge in [0.15, 0.2) is 0 Å². The van der Waals surface area contributed by atoms with Crippen LogP contribution in [0, 0.1) is 13.8 Å². The van der Waals surface area contributed by atoms with Crippen LogP contribution >= 0.6 is 0 Å². The number of hydrogen-bond donors (Lipinski definition) is 1. The Hall–Kier alpha value is -0.860. The van der Waals surface area contributed by atoms with Gasteiger partial charge in [-0.2, -0.15) is 0 Å². The van der Waals surface area contributed by atoms with Crippen molar-refractivity contribution in [3.63, 3.8) is 0 Å². The first-order chi connectivity index (χ1) is 8.13. The van der Waals surface area contributed by atoms with Gasteiger partial charge in [-0.3, -0.25) is 4.90 Å². The Morgan fingerprint density at radius 3 is 2.76 bits per heavy atom. The smallest absolute Gasteiger partial charge is 0.0502 e. The van der Waals surface area contributed by atoms with E-state index in [1.54, 1.807) is 0 Å². The van der Waals surface area contributed by atoms with Crippen LogP contribution in [0.4, 0.5) is 0 Å². The predicted molar refractivity (Wildman–Crippen MR) is 73.1 cm³/mol. The molecule has 2 rings (SSSR count). The topological polar surface area (TPSA) is 29.3 Å². The number of rotatable bonds is 3. The molecule has 1 fully saturated rings. The monoisotopic (exact) mass is 232 g/mol. The fourth-order valence-electron chi connectivity index (χ4n) is 3.01. The Balaban J connectivity index is 2.29. The van der Waals surface area contributed by atoms with Crippen molar-refractivity contribution in [1.82, 2.24) is 4.90 Å². The molecule has 0 saturated carbocycles. The minimum absolute atomic E-state index is 0.294. The Kier molecular flexibility index (Phi) is 3.85. The van der Waals surface area contributed by atoms with Crippen LogP contribution in [-0.2, 0) is 0 Å². The van der Waals surface area contributed by atoms with Gasteiger partial charge in [0.2, 0.25) is 0 Å². The van der Waals surface area contributed by atoms with Crippen LogP contribution in [0.2, 0.25) is 0 Å². The standard InChI is InChI=1S/C15H24N2/c1-4-8-17-9-7-14(16)15(17)13-6-5-11(2)10-12(13)3/h5-6,10,14-15H,4,7-9,16H2,1-3H3. The van der Waals surface area contributed by atoms with Gasteiger partial charge in [-0.15, -0.1) is 0 Å². The molecule has 2 unspecified atom stereocenters. The second-order valence-electron chi connectivity index (χ2n) is 5.29. The molecule has 0 bridgehead atoms. The van der Waals surface area contributed by atoms with E-state index in [4.69, 9.17) is 5.73 Å². The lowest BCUT2D eigenvalue weighted by Crippen LogP contribution is -2.32. The zero-order valence-corrected chi connectivity index (χ0v) is 11.2. The van der Waals surface area contributed by atoms with Crippen LogP contribution in [0.1, 0.15) is 42.5 Å². The second-order valence-corrected chi connectivity index (χ2v) is 5.29. The first-order valence-corrected chi connectivity index (χ1v) is 6.70. The summed E-state index contributed by atoms with van der Waals surface area (Å²) in [5.74, 6) is 0. The van der Waals surface area contributed by atoms with Crippen molar-refractivity contribution in [2.24, 2.45) is 5.73 Å². The van der Waals surface area contributed by atoms with Crippen molar-refractivity contribution in [3.05, 3.63) is 34.9 Å². The molecule has 2 heteroatoms. The Morgan fingerprint density at radius 1 is 1.35 bits per heavy atom. The normalized spacial score (nSPS) is 25.4. The van der Waals surface area contributed by atoms with Gasteiger partial charge in [0, 0.05) is 12.6 Å². The average Bonchev–Trinajstić information content (AvgIpc) is 2.62. The van der Waals surface area contributed by atoms with E-state index in [1.165, 1.54) is 23.1 Å². The largest absolute Gasteiger partial charge is 0.326 e. The van der Waals surface area contributed by atoms with Crippen LogP contribution in [0.3, 0.4) is 0 Å². The summed E-state index contributed by atoms with van der Waals surface area (Å²) in [4.78, 5) is 2.54. The summed E-state index contributed by atoms with van der Waals surface area (Å²) in [5, 5.41) is 0. The highest BCUT2D eigenvalue weighted by Crippen LogP contribution is 2.33. The van der Waals surface area contributed by atoms with E-state index in [2.05, 4.69) is 43.9 Å². The lowest BCUT2D eigenvalue weighted by atomic mass is 9.95. The summed E-state index contributed by atoms with van der Waals surface area (Å²) in [5.41, 5.74) is 10.4. The molecule has 2 atom stereocenters. The molecule has 1 aromatic carbocycles. The molecule has 0 aromatic heterocycles. The molecule has 94 valence electrons. The highest BCUT2D eigenvalue weighted by Gasteiger charge is 2.32. The molecule has 2 nitrogen and oxygen atoms in total. The number of nitrogens with zero attached hydrogens (tertiary/aromatic N) is 1. The molecule has 0 spiro atoms. The van der Waals surface area contributed by atoms with Gasteiger partial charge >= 0.3 is 0 Å². The van der Waals surface area contributed by atoms with E-state index in [0.29, 0.717) is 12.1 Å². The number of likely N-dealkylation sites (tertiary alicyclic amines) is 1. The van der Waals surface area contributed by atoms with Crippen LogP contribution in [0.15, 0.2) is 18.2 Å². The van der Waals surface area contributed by atoms with Gasteiger partial charge < -0.3 is 5.73 Å². The number of aryl methyl sites for hydroxylation is 2. The molecule has 1 saturated heterocycles. The Labute approximate surface area is 105 Å². The maximum Gasteiger partial charge on any atom is 0.0502 e. The van der Waals surface area contributed by atoms with E-state index in [9.17, 15) is 0 Å². The highest BCUT2D eigenvalue weighted by atomic mass is 15.2. The highest BCUT2D eigenvalue weighted by molar-refractivity contribution is 5.34. The van der Waals surface area contributed by atoms with Crippen molar-refractivity contribution < 1.29 is 0 Å². The maximum absolute atomic E-state index is 6.30. The van der Waals surface area contributed by atoms with Gasteiger partial charge in [0.25, 0.3) is 0 Å². The number of benzene rings is 1. The third-order valence-corrected chi connectivity index (χ3v) is 3.80. The SMILES string of the molecule is CCCN1CCC(N)C1c1ccc(C)cc1C. The van der Waals surface area contributed by atoms with Gasteiger partial charge in [0.05, 0.1) is 6.04 Å². The minimum atomic E-state index is 0.294. The summed E-state index contributed by atoms with van der Waals surface area (Å²) in [6.45, 7) is 8.90. The molecule has 1 aromatic rings. The van der Waals surface area contributed by atoms with Crippen LogP contribution < -0.4 is 5.73 Å². The molecule has 0 radical (unpaired) electrons. The van der Waals surface area contributed by atoms with E-state index in [0.717, 1.165) is 19.5 Å². The van der Waals surface area contributed by atoms with Gasteiger partial charge in [-0.05, 0) is 44.4 Å². The summed E-state index contributed by atoms with van der Waals surface area (Å²) < 4.78 is 0. The van der Waals surface area contributed by atoms with Crippen LogP contribution in [0.5, 0.6) is 0 Å². The second kappa shape index (κ2) is 5.19. The molecule has 2 N–H and O–H groups in total. The van der Waals surface area contributed by atoms with Crippen molar-refractivity contribution in [1.29, 1.82) is 0 Å². The maximum atomic E-state index is 6.30. The lowest BCUT2D eigenvalue weighted by molar-refractivity contribution is 0.247. The lowest BCUT2D eigenvalue weighted by Gasteiger charge is -2.28. The molecule has 0 aliphatic carbocycles. The summed E-state index contributed by atoms with van der Waals surface area (Å²) >= 11 is 0. The van der Waals surface area contributed by atoms with Crippen molar-refractivity contribution in [3.8, 4) is 0 Å². The summed E-state index contributed by atoms with van der Waals surface area (Å²) in [7, 11) is 0. The number of nitrogens with two attached hydrogens (primary N) is 1. The third kappa shape index (κ3) is 2.53. The molecule has 1 aliphatic rings. The van der Waals surface area contributed by atoms with E-state index in [-0.39, 0.29) is 0 Å².